The van der Waals surface area contributed by atoms with Crippen molar-refractivity contribution in [1.29, 1.82) is 0 Å². The quantitative estimate of drug-likeness (QED) is 0.873. The molecule has 6 heteroatoms. The average Bonchev–Trinajstić information content (AvgIpc) is 3.23. The molecule has 1 aromatic rings. The molecule has 1 amide bonds. The number of piperidine rings is 1. The number of halogens is 2. The summed E-state index contributed by atoms with van der Waals surface area (Å²) < 4.78 is 0. The fourth-order valence-corrected chi connectivity index (χ4v) is 3.17. The van der Waals surface area contributed by atoms with Gasteiger partial charge in [0, 0.05) is 30.7 Å². The highest BCUT2D eigenvalue weighted by Gasteiger charge is 2.32. The van der Waals surface area contributed by atoms with Crippen molar-refractivity contribution in [2.24, 2.45) is 0 Å². The predicted octanol–water partition coefficient (Wildman–Crippen LogP) is 2.75. The van der Waals surface area contributed by atoms with Crippen LogP contribution in [0.1, 0.15) is 36.0 Å². The predicted molar refractivity (Wildman–Crippen MR) is 79.3 cm³/mol. The van der Waals surface area contributed by atoms with E-state index in [4.69, 9.17) is 23.2 Å². The van der Waals surface area contributed by atoms with Gasteiger partial charge in [0.25, 0.3) is 5.91 Å². The van der Waals surface area contributed by atoms with Crippen LogP contribution in [-0.2, 0) is 0 Å². The van der Waals surface area contributed by atoms with Crippen LogP contribution in [0, 0.1) is 0 Å². The number of aromatic nitrogens is 1. The first-order valence-corrected chi connectivity index (χ1v) is 7.75. The Morgan fingerprint density at radius 2 is 1.75 bits per heavy atom. The number of rotatable bonds is 3. The molecule has 1 saturated heterocycles. The third kappa shape index (κ3) is 3.43. The largest absolute Gasteiger partial charge is 0.349 e. The second-order valence-electron chi connectivity index (χ2n) is 5.52. The van der Waals surface area contributed by atoms with E-state index in [9.17, 15) is 4.79 Å². The van der Waals surface area contributed by atoms with E-state index in [0.717, 1.165) is 32.0 Å². The van der Waals surface area contributed by atoms with Crippen LogP contribution >= 0.6 is 23.2 Å². The molecule has 0 aromatic carbocycles. The molecule has 0 unspecified atom stereocenters. The Kier molecular flexibility index (Phi) is 4.15. The maximum Gasteiger partial charge on any atom is 0.251 e. The number of amides is 1. The first-order valence-electron chi connectivity index (χ1n) is 7.00. The van der Waals surface area contributed by atoms with Crippen molar-refractivity contribution in [3.8, 4) is 0 Å². The van der Waals surface area contributed by atoms with E-state index in [1.54, 1.807) is 12.1 Å². The van der Waals surface area contributed by atoms with Crippen molar-refractivity contribution in [1.82, 2.24) is 15.2 Å². The lowest BCUT2D eigenvalue weighted by molar-refractivity contribution is 0.0909. The Bertz CT molecular complexity index is 491. The van der Waals surface area contributed by atoms with Gasteiger partial charge < -0.3 is 10.2 Å². The zero-order valence-electron chi connectivity index (χ0n) is 11.1. The summed E-state index contributed by atoms with van der Waals surface area (Å²) in [4.78, 5) is 18.5. The fraction of sp³-hybridized carbons (Fsp3) is 0.571. The molecular formula is C14H17Cl2N3O. The van der Waals surface area contributed by atoms with Gasteiger partial charge in [0.1, 0.15) is 10.3 Å². The topological polar surface area (TPSA) is 45.2 Å². The standard InChI is InChI=1S/C14H17Cl2N3O/c15-12-7-9(8-13(16)18-12)14(20)17-10-3-5-19(6-4-10)11-1-2-11/h7-8,10-11H,1-6H2,(H,17,20). The molecule has 1 aromatic heterocycles. The van der Waals surface area contributed by atoms with Crippen molar-refractivity contribution < 1.29 is 4.79 Å². The van der Waals surface area contributed by atoms with Gasteiger partial charge in [0.2, 0.25) is 0 Å². The van der Waals surface area contributed by atoms with Gasteiger partial charge >= 0.3 is 0 Å². The number of nitrogens with zero attached hydrogens (tertiary/aromatic N) is 2. The van der Waals surface area contributed by atoms with Gasteiger partial charge in [0.05, 0.1) is 0 Å². The van der Waals surface area contributed by atoms with Crippen LogP contribution in [0.3, 0.4) is 0 Å². The molecule has 2 fully saturated rings. The Morgan fingerprint density at radius 3 is 2.30 bits per heavy atom. The summed E-state index contributed by atoms with van der Waals surface area (Å²) in [5.74, 6) is -0.124. The van der Waals surface area contributed by atoms with Crippen LogP contribution < -0.4 is 5.32 Å². The molecule has 1 aliphatic heterocycles. The van der Waals surface area contributed by atoms with Gasteiger partial charge in [-0.1, -0.05) is 23.2 Å². The molecule has 0 bridgehead atoms. The van der Waals surface area contributed by atoms with E-state index in [0.29, 0.717) is 5.56 Å². The molecule has 108 valence electrons. The molecule has 0 atom stereocenters. The zero-order chi connectivity index (χ0) is 14.1. The maximum atomic E-state index is 12.2. The minimum Gasteiger partial charge on any atom is -0.349 e. The number of carbonyl (C=O) groups is 1. The molecule has 2 aliphatic rings. The van der Waals surface area contributed by atoms with Crippen molar-refractivity contribution in [3.05, 3.63) is 28.0 Å². The monoisotopic (exact) mass is 313 g/mol. The SMILES string of the molecule is O=C(NC1CCN(C2CC2)CC1)c1cc(Cl)nc(Cl)c1. The summed E-state index contributed by atoms with van der Waals surface area (Å²) in [6.07, 6.45) is 4.69. The van der Waals surface area contributed by atoms with Gasteiger partial charge in [-0.25, -0.2) is 4.98 Å². The molecule has 3 rings (SSSR count). The molecule has 2 heterocycles. The zero-order valence-corrected chi connectivity index (χ0v) is 12.6. The number of pyridine rings is 1. The van der Waals surface area contributed by atoms with Gasteiger partial charge in [-0.3, -0.25) is 4.79 Å². The van der Waals surface area contributed by atoms with Crippen LogP contribution in [0.15, 0.2) is 12.1 Å². The van der Waals surface area contributed by atoms with Crippen molar-refractivity contribution in [3.63, 3.8) is 0 Å². The van der Waals surface area contributed by atoms with Crippen molar-refractivity contribution >= 4 is 29.1 Å². The fourth-order valence-electron chi connectivity index (χ4n) is 2.71. The third-order valence-electron chi connectivity index (χ3n) is 3.95. The number of nitrogens with one attached hydrogen (secondary N) is 1. The summed E-state index contributed by atoms with van der Waals surface area (Å²) in [7, 11) is 0. The Labute approximate surface area is 128 Å². The lowest BCUT2D eigenvalue weighted by Gasteiger charge is -2.32. The average molecular weight is 314 g/mol. The van der Waals surface area contributed by atoms with Crippen LogP contribution in [0.2, 0.25) is 10.3 Å². The van der Waals surface area contributed by atoms with Crippen LogP contribution in [0.5, 0.6) is 0 Å². The molecule has 1 saturated carbocycles. The molecule has 0 radical (unpaired) electrons. The van der Waals surface area contributed by atoms with Crippen LogP contribution in [-0.4, -0.2) is 41.0 Å². The highest BCUT2D eigenvalue weighted by Crippen LogP contribution is 2.29. The van der Waals surface area contributed by atoms with Crippen LogP contribution in [0.4, 0.5) is 0 Å². The smallest absolute Gasteiger partial charge is 0.251 e. The second kappa shape index (κ2) is 5.88. The van der Waals surface area contributed by atoms with Crippen LogP contribution in [0.25, 0.3) is 0 Å². The molecule has 1 N–H and O–H groups in total. The number of hydrogen-bond donors (Lipinski definition) is 1. The van der Waals surface area contributed by atoms with Gasteiger partial charge in [-0.2, -0.15) is 0 Å². The number of likely N-dealkylation sites (tertiary alicyclic amines) is 1. The lowest BCUT2D eigenvalue weighted by atomic mass is 10.0. The summed E-state index contributed by atoms with van der Waals surface area (Å²) in [5, 5.41) is 3.54. The highest BCUT2D eigenvalue weighted by molar-refractivity contribution is 6.33. The van der Waals surface area contributed by atoms with E-state index >= 15 is 0 Å². The molecule has 1 aliphatic carbocycles. The first kappa shape index (κ1) is 14.1. The Hall–Kier alpha value is -0.840. The Morgan fingerprint density at radius 1 is 1.15 bits per heavy atom. The highest BCUT2D eigenvalue weighted by atomic mass is 35.5. The van der Waals surface area contributed by atoms with E-state index in [1.807, 2.05) is 0 Å². The summed E-state index contributed by atoms with van der Waals surface area (Å²) >= 11 is 11.6. The van der Waals surface area contributed by atoms with Crippen molar-refractivity contribution in [2.45, 2.75) is 37.8 Å². The summed E-state index contributed by atoms with van der Waals surface area (Å²) in [6, 6.07) is 4.14. The van der Waals surface area contributed by atoms with Crippen molar-refractivity contribution in [2.75, 3.05) is 13.1 Å². The van der Waals surface area contributed by atoms with E-state index < -0.39 is 0 Å². The number of carbonyl (C=O) groups excluding carboxylic acids is 1. The van der Waals surface area contributed by atoms with E-state index in [1.165, 1.54) is 12.8 Å². The third-order valence-corrected chi connectivity index (χ3v) is 4.34. The van der Waals surface area contributed by atoms with Gasteiger partial charge in [-0.05, 0) is 37.8 Å². The number of hydrogen-bond acceptors (Lipinski definition) is 3. The second-order valence-corrected chi connectivity index (χ2v) is 6.29. The van der Waals surface area contributed by atoms with E-state index in [2.05, 4.69) is 15.2 Å². The minimum atomic E-state index is -0.124. The van der Waals surface area contributed by atoms with Gasteiger partial charge in [0.15, 0.2) is 0 Å². The summed E-state index contributed by atoms with van der Waals surface area (Å²) in [6.45, 7) is 2.15. The Balaban J connectivity index is 1.56. The normalized spacial score (nSPS) is 20.9. The molecule has 4 nitrogen and oxygen atoms in total. The maximum absolute atomic E-state index is 12.2. The molecule has 0 spiro atoms. The van der Waals surface area contributed by atoms with E-state index in [-0.39, 0.29) is 22.3 Å². The van der Waals surface area contributed by atoms with Gasteiger partial charge in [-0.15, -0.1) is 0 Å². The lowest BCUT2D eigenvalue weighted by Crippen LogP contribution is -2.45. The molecular weight excluding hydrogens is 297 g/mol. The minimum absolute atomic E-state index is 0.124. The summed E-state index contributed by atoms with van der Waals surface area (Å²) in [5.41, 5.74) is 0.472. The molecule has 20 heavy (non-hydrogen) atoms. The first-order chi connectivity index (χ1) is 9.61.